The number of halogens is 23. The van der Waals surface area contributed by atoms with Crippen molar-refractivity contribution in [3.63, 3.8) is 0 Å². The van der Waals surface area contributed by atoms with Crippen LogP contribution in [0.25, 0.3) is 0 Å². The van der Waals surface area contributed by atoms with Gasteiger partial charge in [-0.1, -0.05) is 0 Å². The zero-order valence-corrected chi connectivity index (χ0v) is 21.8. The molecule has 0 aliphatic rings. The lowest BCUT2D eigenvalue weighted by molar-refractivity contribution is -0.368. The maximum absolute atomic E-state index is 11.0. The third-order valence-corrected chi connectivity index (χ3v) is 0.384. The van der Waals surface area contributed by atoms with Crippen molar-refractivity contribution < 1.29 is 119 Å². The molecule has 0 fully saturated rings. The molecule has 0 saturated heterocycles. The Kier molecular flexibility index (Phi) is 215. The quantitative estimate of drug-likeness (QED) is 0.176. The Morgan fingerprint density at radius 3 is 0.595 bits per heavy atom. The zero-order valence-electron chi connectivity index (χ0n) is 21.0. The molecule has 0 aromatic heterocycles. The summed E-state index contributed by atoms with van der Waals surface area (Å²) in [6, 6.07) is 0. The predicted molar refractivity (Wildman–Crippen MR) is 105 cm³/mol. The van der Waals surface area contributed by atoms with E-state index >= 15 is 0 Å². The van der Waals surface area contributed by atoms with Crippen LogP contribution in [-0.4, -0.2) is 94.7 Å². The first-order valence-electron chi connectivity index (χ1n) is 8.43. The first-order valence-corrected chi connectivity index (χ1v) is 9.74. The topological polar surface area (TPSA) is 84.8 Å². The third kappa shape index (κ3) is 786000. The summed E-state index contributed by atoms with van der Waals surface area (Å²) in [6.45, 7) is -12.3. The van der Waals surface area contributed by atoms with Crippen molar-refractivity contribution in [2.24, 2.45) is 0 Å². The van der Waals surface area contributed by atoms with E-state index in [1.807, 2.05) is 0 Å². The van der Waals surface area contributed by atoms with E-state index < -0.39 is 72.4 Å². The molecule has 0 saturated carbocycles. The van der Waals surface area contributed by atoms with Crippen LogP contribution in [0.3, 0.4) is 0 Å². The summed E-state index contributed by atoms with van der Waals surface area (Å²) in [6.07, 6.45) is -4.89. The maximum atomic E-state index is 11.0. The smallest absolute Gasteiger partial charge is 0.559 e. The minimum atomic E-state index is -5.50. The van der Waals surface area contributed by atoms with Gasteiger partial charge in [-0.15, -0.1) is 21.4 Å². The Balaban J connectivity index is -0.0000000236. The highest BCUT2D eigenvalue weighted by Crippen LogP contribution is 2.13. The van der Waals surface area contributed by atoms with Crippen molar-refractivity contribution in [3.8, 4) is 0 Å². The predicted octanol–water partition coefficient (Wildman–Crippen LogP) is 8.52. The van der Waals surface area contributed by atoms with Crippen LogP contribution in [-0.2, 0) is 10.5 Å². The molecule has 0 aliphatic carbocycles. The van der Waals surface area contributed by atoms with Crippen molar-refractivity contribution in [3.05, 3.63) is 0 Å². The summed E-state index contributed by atoms with van der Waals surface area (Å²) in [5.41, 5.74) is 3.44. The molecular formula is C14H30F23NO3S. The van der Waals surface area contributed by atoms with E-state index in [2.05, 4.69) is 5.73 Å². The molecule has 0 heterocycles. The minimum absolute atomic E-state index is 0.219. The van der Waals surface area contributed by atoms with Crippen LogP contribution in [0.15, 0.2) is 0 Å². The summed E-state index contributed by atoms with van der Waals surface area (Å²) < 4.78 is 249. The lowest BCUT2D eigenvalue weighted by Gasteiger charge is -1.84. The van der Waals surface area contributed by atoms with E-state index in [0.717, 1.165) is 6.54 Å². The van der Waals surface area contributed by atoms with E-state index in [4.69, 9.17) is 13.0 Å². The first-order chi connectivity index (χ1) is 19.1. The van der Waals surface area contributed by atoms with Gasteiger partial charge in [-0.2, -0.15) is 0 Å². The molecule has 0 aromatic carbocycles. The molecule has 0 radical (unpaired) electrons. The summed E-state index contributed by atoms with van der Waals surface area (Å²) in [4.78, 5) is 0. The molecule has 0 aromatic rings. The Morgan fingerprint density at radius 2 is 0.595 bits per heavy atom. The number of rotatable bonds is 2. The molecule has 0 aliphatic heterocycles. The fraction of sp³-hybridized carbons (Fsp3) is 1.00. The molecule has 0 unspecified atom stereocenters. The molecule has 0 rings (SSSR count). The van der Waals surface area contributed by atoms with E-state index in [1.165, 1.54) is 6.92 Å². The number of hydrogen-bond acceptors (Lipinski definition) is 3. The molecule has 0 bridgehead atoms. The third-order valence-electron chi connectivity index (χ3n) is 0.384. The Bertz CT molecular complexity index is 317. The van der Waals surface area contributed by atoms with E-state index in [-0.39, 0.29) is 13.3 Å². The normalized spacial score (nSPS) is 7.67. The van der Waals surface area contributed by atoms with Gasteiger partial charge < -0.3 is 10.3 Å². The van der Waals surface area contributed by atoms with Gasteiger partial charge >= 0.3 is 6.43 Å². The van der Waals surface area contributed by atoms with Crippen LogP contribution < -0.4 is 5.73 Å². The van der Waals surface area contributed by atoms with Crippen LogP contribution in [0.4, 0.5) is 100 Å². The van der Waals surface area contributed by atoms with Crippen LogP contribution in [0.1, 0.15) is 13.3 Å². The highest BCUT2D eigenvalue weighted by atomic mass is 32.3. The Hall–Kier alpha value is -1.74. The monoisotopic (exact) mass is 729 g/mol. The molecule has 28 heteroatoms. The van der Waals surface area contributed by atoms with Gasteiger partial charge in [0, 0.05) is 6.42 Å². The molecule has 4 nitrogen and oxygen atoms in total. The molecule has 42 heavy (non-hydrogen) atoms. The average Bonchev–Trinajstić information content (AvgIpc) is 2.77. The maximum Gasteiger partial charge on any atom is 0.559 e. The van der Waals surface area contributed by atoms with Crippen molar-refractivity contribution in [1.82, 2.24) is 0 Å². The van der Waals surface area contributed by atoms with Gasteiger partial charge in [0.05, 0.1) is 19.9 Å². The van der Waals surface area contributed by atoms with Gasteiger partial charge in [0.15, 0.2) is 0 Å². The van der Waals surface area contributed by atoms with Crippen LogP contribution in [0, 0.1) is 0 Å². The van der Waals surface area contributed by atoms with E-state index in [0.29, 0.717) is 6.42 Å². The Morgan fingerprint density at radius 1 is 0.524 bits per heavy atom. The van der Waals surface area contributed by atoms with Gasteiger partial charge in [-0.25, -0.2) is 78.7 Å². The summed E-state index contributed by atoms with van der Waals surface area (Å²) >= 11 is 0. The lowest BCUT2D eigenvalue weighted by atomic mass is 10.5. The van der Waals surface area contributed by atoms with Gasteiger partial charge in [0.2, 0.25) is 55.4 Å². The summed E-state index contributed by atoms with van der Waals surface area (Å²) in [5, 5.41) is 0. The lowest BCUT2D eigenvalue weighted by Crippen LogP contribution is -2.50. The SMILES string of the molecule is CCF.FC(F)(F)F.FCF.FCF.FCF.FCF.FCF.FCF.FCF.FCF.O=S(=O)([O-])F.[NH3+]CCCF. The van der Waals surface area contributed by atoms with Crippen LogP contribution in [0.5, 0.6) is 0 Å². The molecule has 0 amide bonds. The van der Waals surface area contributed by atoms with Gasteiger partial charge in [0.1, 0.15) is 0 Å². The highest BCUT2D eigenvalue weighted by molar-refractivity contribution is 7.80. The second kappa shape index (κ2) is 116. The second-order valence-corrected chi connectivity index (χ2v) is 3.58. The van der Waals surface area contributed by atoms with Gasteiger partial charge in [-0.3, -0.25) is 8.78 Å². The summed E-state index contributed by atoms with van der Waals surface area (Å²) in [7, 11) is -5.42. The Labute approximate surface area is 226 Å². The van der Waals surface area contributed by atoms with Crippen LogP contribution in [0.2, 0.25) is 0 Å². The molecule has 3 N–H and O–H groups in total. The molecular weight excluding hydrogens is 699 g/mol. The van der Waals surface area contributed by atoms with E-state index in [9.17, 15) is 100 Å². The fourth-order valence-corrected chi connectivity index (χ4v) is 0.0945. The van der Waals surface area contributed by atoms with Crippen molar-refractivity contribution in [2.75, 3.05) is 75.3 Å². The highest BCUT2D eigenvalue weighted by Gasteiger charge is 2.24. The number of alkyl halides is 22. The molecule has 276 valence electrons. The van der Waals surface area contributed by atoms with E-state index in [1.54, 1.807) is 0 Å². The zero-order chi connectivity index (χ0) is 37.5. The van der Waals surface area contributed by atoms with Crippen molar-refractivity contribution >= 4 is 10.5 Å². The largest absolute Gasteiger partial charge is 0.722 e. The fourth-order valence-electron chi connectivity index (χ4n) is 0.0945. The minimum Gasteiger partial charge on any atom is -0.722 e. The number of quaternary nitrogens is 1. The molecule has 0 spiro atoms. The number of hydrogen-bond donors (Lipinski definition) is 1. The summed E-state index contributed by atoms with van der Waals surface area (Å²) in [5.74, 6) is 0. The van der Waals surface area contributed by atoms with Crippen LogP contribution >= 0.6 is 0 Å². The van der Waals surface area contributed by atoms with Gasteiger partial charge in [0.25, 0.3) is 10.5 Å². The van der Waals surface area contributed by atoms with Crippen molar-refractivity contribution in [2.45, 2.75) is 19.8 Å². The average molecular weight is 729 g/mol. The van der Waals surface area contributed by atoms with Gasteiger partial charge in [-0.05, 0) is 6.92 Å². The second-order valence-electron chi connectivity index (χ2n) is 2.79. The standard InChI is InChI=1S/C3H8FN.C2H5F.CF4.8CH2F2.FHO3S/c4-2-1-3-5;1-2-3;2-1(3,4)5;8*2-1-3;1-5(2,3)4/h1-3,5H2;2H2,1H3;;8*1H2;(H,2,3,4). The first kappa shape index (κ1) is 77.7. The van der Waals surface area contributed by atoms with Crippen molar-refractivity contribution in [1.29, 1.82) is 0 Å². The molecule has 0 atom stereocenters.